The first-order chi connectivity index (χ1) is 8.12. The smallest absolute Gasteiger partial charge is 0.231 e. The number of rotatable bonds is 2. The van der Waals surface area contributed by atoms with Crippen molar-refractivity contribution in [3.05, 3.63) is 29.8 Å². The Kier molecular flexibility index (Phi) is 3.48. The molecule has 1 fully saturated rings. The minimum atomic E-state index is -0.277. The number of hydrogen-bond acceptors (Lipinski definition) is 2. The van der Waals surface area contributed by atoms with E-state index < -0.39 is 0 Å². The van der Waals surface area contributed by atoms with Gasteiger partial charge in [0.05, 0.1) is 5.41 Å². The summed E-state index contributed by atoms with van der Waals surface area (Å²) in [6, 6.07) is 7.89. The van der Waals surface area contributed by atoms with Gasteiger partial charge in [0.2, 0.25) is 5.91 Å². The maximum Gasteiger partial charge on any atom is 0.231 e. The summed E-state index contributed by atoms with van der Waals surface area (Å²) >= 11 is 0. The Morgan fingerprint density at radius 3 is 2.82 bits per heavy atom. The summed E-state index contributed by atoms with van der Waals surface area (Å²) in [4.78, 5) is 12.3. The van der Waals surface area contributed by atoms with Gasteiger partial charge in [0.25, 0.3) is 0 Å². The lowest BCUT2D eigenvalue weighted by Gasteiger charge is -2.32. The van der Waals surface area contributed by atoms with Crippen LogP contribution < -0.4 is 10.6 Å². The number of para-hydroxylation sites is 1. The van der Waals surface area contributed by atoms with Gasteiger partial charge in [0, 0.05) is 12.2 Å². The van der Waals surface area contributed by atoms with Crippen LogP contribution in [0.25, 0.3) is 0 Å². The van der Waals surface area contributed by atoms with Crippen LogP contribution in [0.15, 0.2) is 24.3 Å². The van der Waals surface area contributed by atoms with E-state index in [0.717, 1.165) is 37.2 Å². The second-order valence-corrected chi connectivity index (χ2v) is 5.11. The van der Waals surface area contributed by atoms with Crippen molar-refractivity contribution < 1.29 is 4.79 Å². The van der Waals surface area contributed by atoms with Gasteiger partial charge in [-0.2, -0.15) is 0 Å². The lowest BCUT2D eigenvalue weighted by Crippen LogP contribution is -2.46. The molecule has 1 aliphatic rings. The van der Waals surface area contributed by atoms with Crippen molar-refractivity contribution >= 4 is 11.6 Å². The minimum Gasteiger partial charge on any atom is -0.325 e. The van der Waals surface area contributed by atoms with Crippen LogP contribution in [0.3, 0.4) is 0 Å². The highest BCUT2D eigenvalue weighted by molar-refractivity contribution is 5.95. The molecule has 0 aliphatic carbocycles. The van der Waals surface area contributed by atoms with Crippen LogP contribution in [0.1, 0.15) is 25.3 Å². The van der Waals surface area contributed by atoms with Crippen LogP contribution >= 0.6 is 0 Å². The van der Waals surface area contributed by atoms with E-state index in [1.165, 1.54) is 0 Å². The van der Waals surface area contributed by atoms with Gasteiger partial charge in [-0.3, -0.25) is 4.79 Å². The number of hydrogen-bond donors (Lipinski definition) is 2. The van der Waals surface area contributed by atoms with Crippen molar-refractivity contribution in [3.63, 3.8) is 0 Å². The molecule has 92 valence electrons. The summed E-state index contributed by atoms with van der Waals surface area (Å²) in [5.41, 5.74) is 1.75. The van der Waals surface area contributed by atoms with E-state index in [1.54, 1.807) is 0 Å². The zero-order chi connectivity index (χ0) is 12.3. The number of carbonyl (C=O) groups excluding carboxylic acids is 1. The van der Waals surface area contributed by atoms with E-state index in [0.29, 0.717) is 0 Å². The summed E-state index contributed by atoms with van der Waals surface area (Å²) in [5.74, 6) is 0.124. The quantitative estimate of drug-likeness (QED) is 0.821. The molecule has 0 spiro atoms. The second-order valence-electron chi connectivity index (χ2n) is 5.11. The predicted octanol–water partition coefficient (Wildman–Crippen LogP) is 2.32. The van der Waals surface area contributed by atoms with Crippen molar-refractivity contribution in [1.29, 1.82) is 0 Å². The molecule has 0 bridgehead atoms. The minimum absolute atomic E-state index is 0.124. The van der Waals surface area contributed by atoms with Crippen molar-refractivity contribution in [1.82, 2.24) is 5.32 Å². The van der Waals surface area contributed by atoms with E-state index in [4.69, 9.17) is 0 Å². The molecular formula is C14H20N2O. The fraction of sp³-hybridized carbons (Fsp3) is 0.500. The number of anilines is 1. The van der Waals surface area contributed by atoms with E-state index in [-0.39, 0.29) is 11.3 Å². The highest BCUT2D eigenvalue weighted by atomic mass is 16.2. The number of aryl methyl sites for hydroxylation is 1. The van der Waals surface area contributed by atoms with Gasteiger partial charge in [-0.25, -0.2) is 0 Å². The molecule has 2 N–H and O–H groups in total. The van der Waals surface area contributed by atoms with E-state index in [2.05, 4.69) is 10.6 Å². The molecule has 2 rings (SSSR count). The zero-order valence-electron chi connectivity index (χ0n) is 10.5. The summed E-state index contributed by atoms with van der Waals surface area (Å²) in [6.45, 7) is 5.84. The summed E-state index contributed by atoms with van der Waals surface area (Å²) in [6.07, 6.45) is 2.02. The molecule has 1 amide bonds. The number of carbonyl (C=O) groups is 1. The number of nitrogens with one attached hydrogen (secondary N) is 2. The van der Waals surface area contributed by atoms with Gasteiger partial charge < -0.3 is 10.6 Å². The maximum atomic E-state index is 12.3. The van der Waals surface area contributed by atoms with Crippen molar-refractivity contribution in [2.45, 2.75) is 26.7 Å². The lowest BCUT2D eigenvalue weighted by atomic mass is 9.82. The predicted molar refractivity (Wildman–Crippen MR) is 70.0 cm³/mol. The Labute approximate surface area is 103 Å². The van der Waals surface area contributed by atoms with Crippen molar-refractivity contribution in [2.75, 3.05) is 18.4 Å². The van der Waals surface area contributed by atoms with E-state index in [9.17, 15) is 4.79 Å². The Hall–Kier alpha value is -1.35. The second kappa shape index (κ2) is 4.88. The van der Waals surface area contributed by atoms with Gasteiger partial charge in [-0.1, -0.05) is 18.2 Å². The van der Waals surface area contributed by atoms with Crippen molar-refractivity contribution in [3.8, 4) is 0 Å². The first-order valence-corrected chi connectivity index (χ1v) is 6.20. The largest absolute Gasteiger partial charge is 0.325 e. The Morgan fingerprint density at radius 2 is 2.18 bits per heavy atom. The molecule has 1 heterocycles. The van der Waals surface area contributed by atoms with Crippen LogP contribution in [0.4, 0.5) is 5.69 Å². The van der Waals surface area contributed by atoms with Crippen LogP contribution in [-0.4, -0.2) is 19.0 Å². The topological polar surface area (TPSA) is 41.1 Å². The molecule has 1 unspecified atom stereocenters. The first-order valence-electron chi connectivity index (χ1n) is 6.20. The van der Waals surface area contributed by atoms with E-state index in [1.807, 2.05) is 38.1 Å². The van der Waals surface area contributed by atoms with Gasteiger partial charge in [-0.05, 0) is 44.9 Å². The fourth-order valence-corrected chi connectivity index (χ4v) is 2.24. The molecule has 0 aromatic heterocycles. The third-order valence-electron chi connectivity index (χ3n) is 3.54. The molecule has 1 aromatic rings. The maximum absolute atomic E-state index is 12.3. The van der Waals surface area contributed by atoms with Crippen LogP contribution in [0, 0.1) is 12.3 Å². The molecule has 0 radical (unpaired) electrons. The zero-order valence-corrected chi connectivity index (χ0v) is 10.5. The molecule has 3 nitrogen and oxygen atoms in total. The third-order valence-corrected chi connectivity index (χ3v) is 3.54. The lowest BCUT2D eigenvalue weighted by molar-refractivity contribution is -0.125. The monoisotopic (exact) mass is 232 g/mol. The average molecular weight is 232 g/mol. The molecule has 0 saturated carbocycles. The molecule has 1 aromatic carbocycles. The molecule has 1 atom stereocenters. The number of benzene rings is 1. The third kappa shape index (κ3) is 2.67. The summed E-state index contributed by atoms with van der Waals surface area (Å²) in [5, 5.41) is 6.34. The highest BCUT2D eigenvalue weighted by Gasteiger charge is 2.34. The summed E-state index contributed by atoms with van der Waals surface area (Å²) < 4.78 is 0. The molecule has 1 aliphatic heterocycles. The average Bonchev–Trinajstić information content (AvgIpc) is 2.33. The highest BCUT2D eigenvalue weighted by Crippen LogP contribution is 2.27. The van der Waals surface area contributed by atoms with Gasteiger partial charge in [0.15, 0.2) is 0 Å². The van der Waals surface area contributed by atoms with Gasteiger partial charge >= 0.3 is 0 Å². The van der Waals surface area contributed by atoms with E-state index >= 15 is 0 Å². The number of piperidine rings is 1. The summed E-state index contributed by atoms with van der Waals surface area (Å²) in [7, 11) is 0. The molecular weight excluding hydrogens is 212 g/mol. The fourth-order valence-electron chi connectivity index (χ4n) is 2.24. The van der Waals surface area contributed by atoms with Crippen LogP contribution in [-0.2, 0) is 4.79 Å². The Balaban J connectivity index is 2.08. The normalized spacial score (nSPS) is 24.4. The van der Waals surface area contributed by atoms with Gasteiger partial charge in [0.1, 0.15) is 0 Å². The SMILES string of the molecule is Cc1ccccc1NC(=O)C1(C)CCCNC1. The Morgan fingerprint density at radius 1 is 1.41 bits per heavy atom. The van der Waals surface area contributed by atoms with Crippen LogP contribution in [0.5, 0.6) is 0 Å². The standard InChI is InChI=1S/C14H20N2O/c1-11-6-3-4-7-12(11)16-13(17)14(2)8-5-9-15-10-14/h3-4,6-7,15H,5,8-10H2,1-2H3,(H,16,17). The van der Waals surface area contributed by atoms with Gasteiger partial charge in [-0.15, -0.1) is 0 Å². The number of amides is 1. The molecule has 17 heavy (non-hydrogen) atoms. The Bertz CT molecular complexity index is 408. The molecule has 3 heteroatoms. The first kappa shape index (κ1) is 12.1. The van der Waals surface area contributed by atoms with Crippen LogP contribution in [0.2, 0.25) is 0 Å². The van der Waals surface area contributed by atoms with Crippen molar-refractivity contribution in [2.24, 2.45) is 5.41 Å². The molecule has 1 saturated heterocycles.